The van der Waals surface area contributed by atoms with Crippen LogP contribution in [0.1, 0.15) is 28.4 Å². The Morgan fingerprint density at radius 1 is 1.00 bits per heavy atom. The predicted octanol–water partition coefficient (Wildman–Crippen LogP) is 3.66. The molecule has 1 aliphatic heterocycles. The second kappa shape index (κ2) is 7.60. The van der Waals surface area contributed by atoms with E-state index in [1.807, 2.05) is 36.1 Å². The number of carbonyl (C=O) groups excluding carboxylic acids is 1. The van der Waals surface area contributed by atoms with Crippen molar-refractivity contribution in [3.8, 4) is 5.75 Å². The molecule has 0 spiro atoms. The number of rotatable bonds is 4. The fraction of sp³-hybridized carbons (Fsp3) is 0.381. The van der Waals surface area contributed by atoms with Crippen LogP contribution in [0.2, 0.25) is 0 Å². The lowest BCUT2D eigenvalue weighted by Crippen LogP contribution is -2.49. The summed E-state index contributed by atoms with van der Waals surface area (Å²) in [7, 11) is 0. The summed E-state index contributed by atoms with van der Waals surface area (Å²) in [6.07, 6.45) is 0. The number of ether oxygens (including phenoxy) is 1. The van der Waals surface area contributed by atoms with E-state index in [1.54, 1.807) is 0 Å². The molecule has 0 N–H and O–H groups in total. The number of nitrogens with zero attached hydrogens (tertiary/aromatic N) is 2. The van der Waals surface area contributed by atoms with E-state index >= 15 is 0 Å². The fourth-order valence-electron chi connectivity index (χ4n) is 3.35. The molecular formula is C21H26N2O2. The van der Waals surface area contributed by atoms with Gasteiger partial charge in [0.15, 0.2) is 0 Å². The number of anilines is 1. The molecule has 2 aromatic carbocycles. The average molecular weight is 338 g/mol. The topological polar surface area (TPSA) is 32.8 Å². The third-order valence-electron chi connectivity index (χ3n) is 4.67. The molecule has 25 heavy (non-hydrogen) atoms. The molecule has 132 valence electrons. The van der Waals surface area contributed by atoms with E-state index in [2.05, 4.69) is 36.9 Å². The Labute approximate surface area is 150 Å². The number of benzene rings is 2. The molecular weight excluding hydrogens is 312 g/mol. The molecule has 0 aromatic heterocycles. The van der Waals surface area contributed by atoms with Gasteiger partial charge in [-0.25, -0.2) is 0 Å². The quantitative estimate of drug-likeness (QED) is 0.853. The minimum Gasteiger partial charge on any atom is -0.494 e. The van der Waals surface area contributed by atoms with Gasteiger partial charge in [0.2, 0.25) is 0 Å². The van der Waals surface area contributed by atoms with E-state index in [0.717, 1.165) is 37.5 Å². The van der Waals surface area contributed by atoms with Crippen molar-refractivity contribution in [1.29, 1.82) is 0 Å². The predicted molar refractivity (Wildman–Crippen MR) is 102 cm³/mol. The third-order valence-corrected chi connectivity index (χ3v) is 4.67. The van der Waals surface area contributed by atoms with Crippen molar-refractivity contribution in [2.24, 2.45) is 0 Å². The number of hydrogen-bond donors (Lipinski definition) is 0. The van der Waals surface area contributed by atoms with E-state index in [1.165, 1.54) is 16.8 Å². The molecule has 1 aliphatic rings. The molecule has 0 aliphatic carbocycles. The first-order valence-corrected chi connectivity index (χ1v) is 8.93. The highest BCUT2D eigenvalue weighted by atomic mass is 16.5. The first-order chi connectivity index (χ1) is 12.1. The maximum atomic E-state index is 12.7. The van der Waals surface area contributed by atoms with Gasteiger partial charge in [-0.15, -0.1) is 0 Å². The van der Waals surface area contributed by atoms with Crippen molar-refractivity contribution >= 4 is 11.6 Å². The average Bonchev–Trinajstić information content (AvgIpc) is 2.62. The molecule has 4 nitrogen and oxygen atoms in total. The summed E-state index contributed by atoms with van der Waals surface area (Å²) < 4.78 is 5.44. The molecule has 0 unspecified atom stereocenters. The van der Waals surface area contributed by atoms with E-state index in [-0.39, 0.29) is 5.91 Å². The maximum Gasteiger partial charge on any atom is 0.253 e. The molecule has 3 rings (SSSR count). The van der Waals surface area contributed by atoms with Crippen molar-refractivity contribution in [2.45, 2.75) is 20.8 Å². The van der Waals surface area contributed by atoms with Gasteiger partial charge in [0.05, 0.1) is 6.61 Å². The summed E-state index contributed by atoms with van der Waals surface area (Å²) in [5.41, 5.74) is 4.58. The third kappa shape index (κ3) is 3.95. The molecule has 1 saturated heterocycles. The number of carbonyl (C=O) groups is 1. The number of piperazine rings is 1. The van der Waals surface area contributed by atoms with Crippen LogP contribution in [0.5, 0.6) is 5.75 Å². The van der Waals surface area contributed by atoms with E-state index in [4.69, 9.17) is 4.74 Å². The van der Waals surface area contributed by atoms with Crippen molar-refractivity contribution in [1.82, 2.24) is 4.90 Å². The number of amides is 1. The van der Waals surface area contributed by atoms with Crippen LogP contribution < -0.4 is 9.64 Å². The van der Waals surface area contributed by atoms with Crippen molar-refractivity contribution < 1.29 is 9.53 Å². The van der Waals surface area contributed by atoms with Gasteiger partial charge in [-0.1, -0.05) is 17.7 Å². The summed E-state index contributed by atoms with van der Waals surface area (Å²) in [4.78, 5) is 17.0. The lowest BCUT2D eigenvalue weighted by atomic mass is 10.1. The normalized spacial score (nSPS) is 14.5. The highest BCUT2D eigenvalue weighted by Gasteiger charge is 2.23. The van der Waals surface area contributed by atoms with E-state index in [0.29, 0.717) is 6.61 Å². The Hall–Kier alpha value is -2.49. The van der Waals surface area contributed by atoms with Crippen LogP contribution in [0.4, 0.5) is 5.69 Å². The van der Waals surface area contributed by atoms with Crippen LogP contribution in [-0.4, -0.2) is 43.6 Å². The van der Waals surface area contributed by atoms with Gasteiger partial charge in [0, 0.05) is 37.4 Å². The van der Waals surface area contributed by atoms with Gasteiger partial charge in [0.1, 0.15) is 5.75 Å². The molecule has 1 fully saturated rings. The molecule has 2 aromatic rings. The van der Waals surface area contributed by atoms with E-state index < -0.39 is 0 Å². The van der Waals surface area contributed by atoms with Gasteiger partial charge >= 0.3 is 0 Å². The Morgan fingerprint density at radius 2 is 1.68 bits per heavy atom. The maximum absolute atomic E-state index is 12.7. The standard InChI is InChI=1S/C21H26N2O2/c1-4-25-19-8-6-18(7-9-19)21(24)23-13-11-22(12-14-23)20-10-5-16(2)15-17(20)3/h5-10,15H,4,11-14H2,1-3H3. The summed E-state index contributed by atoms with van der Waals surface area (Å²) in [6, 6.07) is 14.0. The molecule has 0 saturated carbocycles. The zero-order valence-electron chi connectivity index (χ0n) is 15.3. The van der Waals surface area contributed by atoms with Crippen LogP contribution in [0, 0.1) is 13.8 Å². The van der Waals surface area contributed by atoms with Crippen LogP contribution in [-0.2, 0) is 0 Å². The van der Waals surface area contributed by atoms with Gasteiger partial charge in [-0.3, -0.25) is 4.79 Å². The zero-order valence-corrected chi connectivity index (χ0v) is 15.3. The molecule has 0 radical (unpaired) electrons. The highest BCUT2D eigenvalue weighted by Crippen LogP contribution is 2.23. The molecule has 0 atom stereocenters. The lowest BCUT2D eigenvalue weighted by Gasteiger charge is -2.37. The van der Waals surface area contributed by atoms with Crippen molar-refractivity contribution in [3.63, 3.8) is 0 Å². The second-order valence-electron chi connectivity index (χ2n) is 6.53. The molecule has 1 heterocycles. The smallest absolute Gasteiger partial charge is 0.253 e. The van der Waals surface area contributed by atoms with Gasteiger partial charge < -0.3 is 14.5 Å². The van der Waals surface area contributed by atoms with Gasteiger partial charge in [0.25, 0.3) is 5.91 Å². The highest BCUT2D eigenvalue weighted by molar-refractivity contribution is 5.94. The van der Waals surface area contributed by atoms with Gasteiger partial charge in [-0.05, 0) is 56.7 Å². The first kappa shape index (κ1) is 17.3. The number of hydrogen-bond acceptors (Lipinski definition) is 3. The summed E-state index contributed by atoms with van der Waals surface area (Å²) in [6.45, 7) is 10.1. The summed E-state index contributed by atoms with van der Waals surface area (Å²) in [5.74, 6) is 0.905. The van der Waals surface area contributed by atoms with Crippen molar-refractivity contribution in [3.05, 3.63) is 59.2 Å². The molecule has 4 heteroatoms. The van der Waals surface area contributed by atoms with Crippen molar-refractivity contribution in [2.75, 3.05) is 37.7 Å². The Balaban J connectivity index is 1.62. The monoisotopic (exact) mass is 338 g/mol. The lowest BCUT2D eigenvalue weighted by molar-refractivity contribution is 0.0746. The second-order valence-corrected chi connectivity index (χ2v) is 6.53. The summed E-state index contributed by atoms with van der Waals surface area (Å²) >= 11 is 0. The SMILES string of the molecule is CCOc1ccc(C(=O)N2CCN(c3ccc(C)cc3C)CC2)cc1. The summed E-state index contributed by atoms with van der Waals surface area (Å²) in [5, 5.41) is 0. The van der Waals surface area contributed by atoms with Crippen LogP contribution in [0.25, 0.3) is 0 Å². The minimum atomic E-state index is 0.100. The molecule has 0 bridgehead atoms. The Kier molecular flexibility index (Phi) is 5.27. The van der Waals surface area contributed by atoms with Gasteiger partial charge in [-0.2, -0.15) is 0 Å². The number of aryl methyl sites for hydroxylation is 2. The minimum absolute atomic E-state index is 0.100. The van der Waals surface area contributed by atoms with Crippen LogP contribution >= 0.6 is 0 Å². The Bertz CT molecular complexity index is 732. The Morgan fingerprint density at radius 3 is 2.28 bits per heavy atom. The fourth-order valence-corrected chi connectivity index (χ4v) is 3.35. The largest absolute Gasteiger partial charge is 0.494 e. The van der Waals surface area contributed by atoms with E-state index in [9.17, 15) is 4.79 Å². The van der Waals surface area contributed by atoms with Crippen LogP contribution in [0.15, 0.2) is 42.5 Å². The van der Waals surface area contributed by atoms with Crippen LogP contribution in [0.3, 0.4) is 0 Å². The first-order valence-electron chi connectivity index (χ1n) is 8.93. The zero-order chi connectivity index (χ0) is 17.8. The molecule has 1 amide bonds.